The number of fused-ring (bicyclic) bond motifs is 2. The molecule has 1 aliphatic heterocycles. The largest absolute Gasteiger partial charge is 0.616 e. The zero-order chi connectivity index (χ0) is 28.7. The molecule has 1 aliphatic rings. The fourth-order valence-electron chi connectivity index (χ4n) is 5.99. The second kappa shape index (κ2) is 11.0. The first-order chi connectivity index (χ1) is 19.7. The summed E-state index contributed by atoms with van der Waals surface area (Å²) in [5, 5.41) is 12.4. The molecule has 5 aromatic rings. The summed E-state index contributed by atoms with van der Waals surface area (Å²) >= 11 is -1.03. The predicted molar refractivity (Wildman–Crippen MR) is 162 cm³/mol. The third-order valence-electron chi connectivity index (χ3n) is 7.71. The normalized spacial score (nSPS) is 15.4. The van der Waals surface area contributed by atoms with Crippen LogP contribution in [0.2, 0.25) is 0 Å². The molecular weight excluding hydrogens is 539 g/mol. The van der Waals surface area contributed by atoms with Gasteiger partial charge in [0.2, 0.25) is 0 Å². The van der Waals surface area contributed by atoms with Crippen molar-refractivity contribution in [2.45, 2.75) is 38.1 Å². The third-order valence-corrected chi connectivity index (χ3v) is 8.84. The van der Waals surface area contributed by atoms with Gasteiger partial charge in [-0.25, -0.2) is 4.39 Å². The number of nitrogens with one attached hydrogen (secondary N) is 2. The van der Waals surface area contributed by atoms with E-state index in [0.717, 1.165) is 57.2 Å². The Morgan fingerprint density at radius 2 is 1.85 bits per heavy atom. The Bertz CT molecular complexity index is 1700. The maximum Gasteiger partial charge on any atom is 0.251 e. The number of hydrogen-bond donors (Lipinski definition) is 2. The van der Waals surface area contributed by atoms with Crippen molar-refractivity contribution in [2.24, 2.45) is 0 Å². The highest BCUT2D eigenvalue weighted by Crippen LogP contribution is 2.44. The Hall–Kier alpha value is -3.66. The van der Waals surface area contributed by atoms with Gasteiger partial charge in [-0.3, -0.25) is 9.89 Å². The van der Waals surface area contributed by atoms with Crippen LogP contribution in [-0.2, 0) is 15.9 Å². The molecule has 9 heteroatoms. The second-order valence-corrected chi connectivity index (χ2v) is 12.9. The summed E-state index contributed by atoms with van der Waals surface area (Å²) in [6.45, 7) is 5.11. The molecule has 0 spiro atoms. The quantitative estimate of drug-likeness (QED) is 0.231. The van der Waals surface area contributed by atoms with Gasteiger partial charge in [0.05, 0.1) is 29.0 Å². The summed E-state index contributed by atoms with van der Waals surface area (Å²) in [7, 11) is 0. The highest BCUT2D eigenvalue weighted by Gasteiger charge is 2.29. The van der Waals surface area contributed by atoms with Crippen LogP contribution < -0.4 is 5.32 Å². The number of ether oxygens (including phenoxy) is 1. The summed E-state index contributed by atoms with van der Waals surface area (Å²) in [4.78, 5) is 13.1. The highest BCUT2D eigenvalue weighted by molar-refractivity contribution is 7.90. The van der Waals surface area contributed by atoms with Crippen LogP contribution in [0.4, 0.5) is 4.39 Å². The Morgan fingerprint density at radius 3 is 2.54 bits per heavy atom. The number of aromatic nitrogens is 3. The van der Waals surface area contributed by atoms with E-state index in [0.29, 0.717) is 24.5 Å². The minimum absolute atomic E-state index is 0.204. The molecule has 0 aliphatic carbocycles. The summed E-state index contributed by atoms with van der Waals surface area (Å²) in [6, 6.07) is 18.5. The van der Waals surface area contributed by atoms with E-state index < -0.39 is 16.7 Å². The summed E-state index contributed by atoms with van der Waals surface area (Å²) in [5.41, 5.74) is 6.00. The van der Waals surface area contributed by atoms with E-state index in [-0.39, 0.29) is 17.6 Å². The highest BCUT2D eigenvalue weighted by atomic mass is 32.2. The Kier molecular flexibility index (Phi) is 7.36. The lowest BCUT2D eigenvalue weighted by Gasteiger charge is -2.26. The molecule has 1 atom stereocenters. The maximum atomic E-state index is 14.0. The van der Waals surface area contributed by atoms with Crippen LogP contribution in [0.5, 0.6) is 0 Å². The van der Waals surface area contributed by atoms with Crippen LogP contribution in [0.25, 0.3) is 38.6 Å². The Labute approximate surface area is 241 Å². The van der Waals surface area contributed by atoms with Gasteiger partial charge in [-0.05, 0) is 80.8 Å². The van der Waals surface area contributed by atoms with E-state index in [1.54, 1.807) is 6.26 Å². The van der Waals surface area contributed by atoms with E-state index in [4.69, 9.17) is 4.74 Å². The van der Waals surface area contributed by atoms with Crippen molar-refractivity contribution in [3.8, 4) is 16.8 Å². The molecule has 212 valence electrons. The molecule has 1 amide bonds. The topological polar surface area (TPSA) is 95.0 Å². The second-order valence-electron chi connectivity index (χ2n) is 11.4. The molecule has 2 N–H and O–H groups in total. The number of nitrogens with zero attached hydrogens (tertiary/aromatic N) is 2. The zero-order valence-corrected chi connectivity index (χ0v) is 24.2. The number of hydrogen-bond acceptors (Lipinski definition) is 4. The molecule has 1 saturated heterocycles. The third kappa shape index (κ3) is 5.49. The van der Waals surface area contributed by atoms with Gasteiger partial charge in [0.1, 0.15) is 11.6 Å². The van der Waals surface area contributed by atoms with Gasteiger partial charge < -0.3 is 19.2 Å². The number of halogens is 1. The lowest BCUT2D eigenvalue weighted by Crippen LogP contribution is -2.48. The number of carbonyl (C=O) groups excluding carboxylic acids is 1. The van der Waals surface area contributed by atoms with E-state index in [1.807, 2.05) is 56.4 Å². The van der Waals surface area contributed by atoms with Crippen molar-refractivity contribution in [3.05, 3.63) is 83.9 Å². The summed E-state index contributed by atoms with van der Waals surface area (Å²) in [5.74, 6) is 0.115. The molecule has 41 heavy (non-hydrogen) atoms. The average Bonchev–Trinajstić information content (AvgIpc) is 3.53. The van der Waals surface area contributed by atoms with Crippen molar-refractivity contribution in [3.63, 3.8) is 0 Å². The van der Waals surface area contributed by atoms with Gasteiger partial charge in [0, 0.05) is 52.4 Å². The molecule has 0 saturated carbocycles. The molecule has 1 fully saturated rings. The first kappa shape index (κ1) is 27.5. The fourth-order valence-corrected chi connectivity index (χ4v) is 7.07. The predicted octanol–water partition coefficient (Wildman–Crippen LogP) is 6.09. The summed E-state index contributed by atoms with van der Waals surface area (Å²) < 4.78 is 33.7. The molecule has 6 rings (SSSR count). The molecule has 0 bridgehead atoms. The van der Waals surface area contributed by atoms with Crippen LogP contribution in [0.1, 0.15) is 48.7 Å². The van der Waals surface area contributed by atoms with Crippen molar-refractivity contribution in [1.82, 2.24) is 20.1 Å². The van der Waals surface area contributed by atoms with E-state index in [1.165, 1.54) is 12.1 Å². The number of amides is 1. The molecular formula is C32H33FN4O3S. The number of H-pyrrole nitrogens is 1. The van der Waals surface area contributed by atoms with Crippen molar-refractivity contribution >= 4 is 38.9 Å². The number of carbonyl (C=O) groups is 1. The van der Waals surface area contributed by atoms with E-state index >= 15 is 0 Å². The van der Waals surface area contributed by atoms with Crippen molar-refractivity contribution < 1.29 is 18.5 Å². The maximum absolute atomic E-state index is 14.0. The van der Waals surface area contributed by atoms with Crippen molar-refractivity contribution in [1.29, 1.82) is 0 Å². The van der Waals surface area contributed by atoms with Crippen LogP contribution in [-0.4, -0.2) is 56.0 Å². The minimum Gasteiger partial charge on any atom is -0.616 e. The molecule has 3 heterocycles. The lowest BCUT2D eigenvalue weighted by atomic mass is 9.89. The molecule has 3 aromatic carbocycles. The summed E-state index contributed by atoms with van der Waals surface area (Å²) in [6.07, 6.45) is 5.20. The lowest BCUT2D eigenvalue weighted by molar-refractivity contribution is 0.0843. The Balaban J connectivity index is 1.52. The molecule has 7 nitrogen and oxygen atoms in total. The van der Waals surface area contributed by atoms with E-state index in [9.17, 15) is 13.7 Å². The minimum atomic E-state index is -1.03. The van der Waals surface area contributed by atoms with Gasteiger partial charge in [0.15, 0.2) is 0 Å². The number of benzene rings is 3. The van der Waals surface area contributed by atoms with Crippen LogP contribution in [0.15, 0.2) is 66.9 Å². The van der Waals surface area contributed by atoms with Crippen LogP contribution in [0.3, 0.4) is 0 Å². The number of aromatic amines is 1. The van der Waals surface area contributed by atoms with Gasteiger partial charge in [-0.15, -0.1) is 0 Å². The zero-order valence-electron chi connectivity index (χ0n) is 23.4. The van der Waals surface area contributed by atoms with Gasteiger partial charge in [0.25, 0.3) is 5.91 Å². The number of rotatable bonds is 7. The molecule has 2 aromatic heterocycles. The monoisotopic (exact) mass is 572 g/mol. The SMILES string of the molecule is C[S+]([O-])CC(C)(C)NC(=O)c1ccc(-c2c(C3CCOCC3)n(-c3ccc(F)cc3)c3cc4cn[nH]c4cc23)cc1. The first-order valence-corrected chi connectivity index (χ1v) is 15.5. The fraction of sp³-hybridized carbons (Fsp3) is 0.312. The average molecular weight is 573 g/mol. The standard InChI is InChI=1S/C32H33FN4O3S/c1-32(2,19-41(3)39)35-31(38)22-6-4-20(5-7-22)29-26-17-27-23(18-34-36-27)16-28(26)37(25-10-8-24(33)9-11-25)30(29)21-12-14-40-15-13-21/h4-11,16-18,21H,12-15,19H2,1-3H3,(H,34,36)(H,35,38). The first-order valence-electron chi connectivity index (χ1n) is 13.8. The Morgan fingerprint density at radius 1 is 1.15 bits per heavy atom. The van der Waals surface area contributed by atoms with Crippen LogP contribution in [0, 0.1) is 5.82 Å². The molecule has 1 unspecified atom stereocenters. The van der Waals surface area contributed by atoms with Gasteiger partial charge >= 0.3 is 0 Å². The van der Waals surface area contributed by atoms with E-state index in [2.05, 4.69) is 32.2 Å². The van der Waals surface area contributed by atoms with Crippen LogP contribution >= 0.6 is 0 Å². The molecule has 0 radical (unpaired) electrons. The smallest absolute Gasteiger partial charge is 0.251 e. The van der Waals surface area contributed by atoms with Gasteiger partial charge in [-0.2, -0.15) is 5.10 Å². The van der Waals surface area contributed by atoms with Gasteiger partial charge in [-0.1, -0.05) is 23.3 Å². The van der Waals surface area contributed by atoms with Crippen molar-refractivity contribution in [2.75, 3.05) is 25.2 Å².